The topological polar surface area (TPSA) is 247 Å². The zero-order chi connectivity index (χ0) is 47.1. The number of aromatic nitrogens is 2. The maximum absolute atomic E-state index is 14.6. The normalized spacial score (nSPS) is 14.7. The van der Waals surface area contributed by atoms with Crippen molar-refractivity contribution >= 4 is 63.6 Å². The van der Waals surface area contributed by atoms with Crippen molar-refractivity contribution in [3.63, 3.8) is 0 Å². The molecule has 0 spiro atoms. The summed E-state index contributed by atoms with van der Waals surface area (Å²) in [7, 11) is 1.58. The van der Waals surface area contributed by atoms with Crippen LogP contribution in [0.5, 0.6) is 11.5 Å². The van der Waals surface area contributed by atoms with Crippen LogP contribution >= 0.6 is 0 Å². The second-order valence-corrected chi connectivity index (χ2v) is 15.7. The van der Waals surface area contributed by atoms with Gasteiger partial charge in [0.25, 0.3) is 23.3 Å². The zero-order valence-corrected chi connectivity index (χ0v) is 35.8. The van der Waals surface area contributed by atoms with Gasteiger partial charge in [0, 0.05) is 85.7 Å². The summed E-state index contributed by atoms with van der Waals surface area (Å²) in [5.41, 5.74) is 7.40. The van der Waals surface area contributed by atoms with Gasteiger partial charge in [-0.15, -0.1) is 0 Å². The number of fused-ring (bicyclic) bond motifs is 2. The summed E-state index contributed by atoms with van der Waals surface area (Å²) in [4.78, 5) is 107. The van der Waals surface area contributed by atoms with E-state index in [1.165, 1.54) is 16.7 Å². The van der Waals surface area contributed by atoms with Gasteiger partial charge >= 0.3 is 0 Å². The number of likely N-dealkylation sites (tertiary alicyclic amines) is 1. The fourth-order valence-corrected chi connectivity index (χ4v) is 7.85. The monoisotopic (exact) mass is 907 g/mol. The third-order valence-corrected chi connectivity index (χ3v) is 11.2. The van der Waals surface area contributed by atoms with Crippen LogP contribution in [0.2, 0.25) is 0 Å². The highest BCUT2D eigenvalue weighted by Gasteiger charge is 2.47. The van der Waals surface area contributed by atoms with E-state index in [0.29, 0.717) is 78.2 Å². The lowest BCUT2D eigenvalue weighted by molar-refractivity contribution is -0.152. The fourth-order valence-electron chi connectivity index (χ4n) is 7.85. The number of hydrogen-bond donors (Lipinski definition) is 6. The van der Waals surface area contributed by atoms with Crippen molar-refractivity contribution in [3.05, 3.63) is 106 Å². The quantitative estimate of drug-likeness (QED) is 0.0505. The molecule has 4 heterocycles. The molecule has 0 saturated carbocycles. The number of H-pyrrole nitrogens is 1. The van der Waals surface area contributed by atoms with Gasteiger partial charge in [-0.25, -0.2) is 8.78 Å². The summed E-state index contributed by atoms with van der Waals surface area (Å²) in [6.07, 6.45) is 5.44. The number of carbonyl (C=O) groups is 7. The van der Waals surface area contributed by atoms with Crippen LogP contribution in [0.15, 0.2) is 77.9 Å². The number of aromatic amines is 1. The molecular weight excluding hydrogens is 861 g/mol. The van der Waals surface area contributed by atoms with Crippen molar-refractivity contribution in [1.29, 1.82) is 0 Å². The first kappa shape index (κ1) is 46.3. The predicted molar refractivity (Wildman–Crippen MR) is 237 cm³/mol. The average Bonchev–Trinajstić information content (AvgIpc) is 3.89. The maximum atomic E-state index is 14.6. The number of pyridine rings is 1. The molecule has 2 aliphatic rings. The molecule has 2 aliphatic heterocycles. The van der Waals surface area contributed by atoms with Crippen molar-refractivity contribution in [2.24, 2.45) is 12.8 Å². The Kier molecular flexibility index (Phi) is 14.3. The molecule has 1 fully saturated rings. The molecule has 7 N–H and O–H groups in total. The van der Waals surface area contributed by atoms with Crippen molar-refractivity contribution in [3.8, 4) is 22.6 Å². The molecule has 0 bridgehead atoms. The van der Waals surface area contributed by atoms with Crippen LogP contribution in [0.25, 0.3) is 22.0 Å². The molecule has 1 saturated heterocycles. The predicted octanol–water partition coefficient (Wildman–Crippen LogP) is 4.26. The number of carbonyl (C=O) groups excluding carboxylic acids is 7. The van der Waals surface area contributed by atoms with Crippen LogP contribution in [0, 0.1) is 11.6 Å². The summed E-state index contributed by atoms with van der Waals surface area (Å²) in [6, 6.07) is 13.0. The van der Waals surface area contributed by atoms with Gasteiger partial charge in [0.05, 0.1) is 17.7 Å². The number of rotatable bonds is 19. The maximum Gasteiger partial charge on any atom is 0.274 e. The Morgan fingerprint density at radius 3 is 2.35 bits per heavy atom. The van der Waals surface area contributed by atoms with E-state index in [1.807, 2.05) is 0 Å². The number of aryl methyl sites for hydroxylation is 1. The Morgan fingerprint density at radius 2 is 1.58 bits per heavy atom. The van der Waals surface area contributed by atoms with E-state index in [9.17, 15) is 47.1 Å². The van der Waals surface area contributed by atoms with Gasteiger partial charge < -0.3 is 41.3 Å². The minimum absolute atomic E-state index is 0.0471. The molecule has 7 amide bonds. The van der Waals surface area contributed by atoms with E-state index < -0.39 is 53.9 Å². The molecule has 2 aromatic heterocycles. The highest BCUT2D eigenvalue weighted by molar-refractivity contribution is 6.25. The molecule has 0 radical (unpaired) electrons. The Labute approximate surface area is 375 Å². The van der Waals surface area contributed by atoms with Crippen molar-refractivity contribution < 1.29 is 47.1 Å². The van der Waals surface area contributed by atoms with E-state index in [-0.39, 0.29) is 72.2 Å². The summed E-state index contributed by atoms with van der Waals surface area (Å²) in [6.45, 7) is 0.0129. The summed E-state index contributed by atoms with van der Waals surface area (Å²) >= 11 is 0. The third kappa shape index (κ3) is 10.1. The second-order valence-electron chi connectivity index (χ2n) is 15.7. The van der Waals surface area contributed by atoms with Crippen LogP contribution in [0.4, 0.5) is 20.2 Å². The standard InChI is InChI=1S/C46H47F2N9O9/c1-55-24-31(28-17-20-52-42(28)46(55)65)30-22-27(12-15-35(30)66-36-14-11-26(47)21-32(36)48)54-38(59)10-3-2-9-37(58)51-19-5-4-18-50-33-8-6-7-29-41(33)45(64)57(43(29)62)34-13-16-40(61)56(44(34)63)25-53-39(60)23-49/h6-8,11-12,14-15,17,20-22,24,34,50,52H,2-5,9-10,13,16,18-19,23,25,49H2,1H3,(H,51,58)(H,53,60)(H,54,59). The highest BCUT2D eigenvalue weighted by atomic mass is 19.1. The van der Waals surface area contributed by atoms with Crippen LogP contribution in [0.3, 0.4) is 0 Å². The zero-order valence-electron chi connectivity index (χ0n) is 35.8. The van der Waals surface area contributed by atoms with E-state index in [4.69, 9.17) is 10.5 Å². The van der Waals surface area contributed by atoms with Gasteiger partial charge in [-0.3, -0.25) is 48.2 Å². The lowest BCUT2D eigenvalue weighted by atomic mass is 10.0. The van der Waals surface area contributed by atoms with Gasteiger partial charge in [0.1, 0.15) is 29.8 Å². The summed E-state index contributed by atoms with van der Waals surface area (Å²) < 4.78 is 35.5. The number of unbranched alkanes of at least 4 members (excludes halogenated alkanes) is 2. The number of nitrogens with zero attached hydrogens (tertiary/aromatic N) is 3. The number of benzene rings is 3. The Morgan fingerprint density at radius 1 is 0.818 bits per heavy atom. The van der Waals surface area contributed by atoms with Gasteiger partial charge in [0.2, 0.25) is 23.6 Å². The van der Waals surface area contributed by atoms with Crippen molar-refractivity contribution in [1.82, 2.24) is 30.0 Å². The SMILES string of the molecule is Cn1cc(-c2cc(NC(=O)CCCCC(=O)NCCCCNc3cccc4c3C(=O)N(C3CCC(=O)N(CNC(=O)CN)C3=O)C4=O)ccc2Oc2ccc(F)cc2F)c2cc[nH]c2c1=O. The number of halogens is 2. The van der Waals surface area contributed by atoms with Gasteiger partial charge in [0.15, 0.2) is 11.6 Å². The number of anilines is 2. The molecule has 3 aromatic carbocycles. The smallest absolute Gasteiger partial charge is 0.274 e. The van der Waals surface area contributed by atoms with Gasteiger partial charge in [-0.2, -0.15) is 0 Å². The Balaban J connectivity index is 0.853. The number of nitrogens with one attached hydrogen (secondary N) is 5. The molecule has 66 heavy (non-hydrogen) atoms. The Hall–Kier alpha value is -7.74. The fraction of sp³-hybridized carbons (Fsp3) is 0.304. The number of piperidine rings is 1. The first-order valence-electron chi connectivity index (χ1n) is 21.3. The molecule has 18 nitrogen and oxygen atoms in total. The largest absolute Gasteiger partial charge is 0.454 e. The van der Waals surface area contributed by atoms with Crippen molar-refractivity contribution in [2.45, 2.75) is 57.4 Å². The number of imide groups is 2. The number of nitrogens with two attached hydrogens (primary N) is 1. The average molecular weight is 908 g/mol. The number of ether oxygens (including phenoxy) is 1. The summed E-state index contributed by atoms with van der Waals surface area (Å²) in [5, 5.41) is 11.8. The van der Waals surface area contributed by atoms with Gasteiger partial charge in [-0.05, 0) is 80.6 Å². The molecule has 7 rings (SSSR count). The van der Waals surface area contributed by atoms with E-state index in [0.717, 1.165) is 15.9 Å². The first-order chi connectivity index (χ1) is 31.7. The molecule has 20 heteroatoms. The molecule has 1 atom stereocenters. The molecule has 0 aliphatic carbocycles. The molecular formula is C46H47F2N9O9. The van der Waals surface area contributed by atoms with E-state index in [1.54, 1.807) is 55.8 Å². The third-order valence-electron chi connectivity index (χ3n) is 11.2. The lowest BCUT2D eigenvalue weighted by Gasteiger charge is -2.34. The second kappa shape index (κ2) is 20.4. The van der Waals surface area contributed by atoms with E-state index >= 15 is 0 Å². The summed E-state index contributed by atoms with van der Waals surface area (Å²) in [5.74, 6) is -5.41. The molecule has 5 aromatic rings. The number of amides is 7. The lowest BCUT2D eigenvalue weighted by Crippen LogP contribution is -2.58. The van der Waals surface area contributed by atoms with Crippen LogP contribution in [0.1, 0.15) is 72.1 Å². The van der Waals surface area contributed by atoms with Gasteiger partial charge in [-0.1, -0.05) is 6.07 Å². The minimum atomic E-state index is -1.22. The van der Waals surface area contributed by atoms with Crippen LogP contribution in [-0.4, -0.2) is 93.0 Å². The Bertz CT molecular complexity index is 2810. The minimum Gasteiger partial charge on any atom is -0.454 e. The van der Waals surface area contributed by atoms with Crippen molar-refractivity contribution in [2.75, 3.05) is 36.9 Å². The molecule has 344 valence electrons. The van der Waals surface area contributed by atoms with Crippen LogP contribution in [-0.2, 0) is 31.0 Å². The van der Waals surface area contributed by atoms with E-state index in [2.05, 4.69) is 26.3 Å². The van der Waals surface area contributed by atoms with Crippen LogP contribution < -0.4 is 37.3 Å². The molecule has 1 unspecified atom stereocenters. The highest BCUT2D eigenvalue weighted by Crippen LogP contribution is 2.39. The number of hydrogen-bond acceptors (Lipinski definition) is 11. The first-order valence-corrected chi connectivity index (χ1v) is 21.3.